The van der Waals surface area contributed by atoms with Gasteiger partial charge in [-0.15, -0.1) is 0 Å². The van der Waals surface area contributed by atoms with Crippen LogP contribution in [-0.2, 0) is 0 Å². The standard InChI is InChI=1S/C22H25N3O2/c1-12-8-9-17-18(11-13(2)23-21(17)14(12)3)22(26)25-10-6-7-19(25)20-15(4)24-27-16(20)5/h8-9,11,19H,6-7,10H2,1-5H3/t19-/m1/s1. The lowest BCUT2D eigenvalue weighted by Crippen LogP contribution is -2.31. The lowest BCUT2D eigenvalue weighted by atomic mass is 9.99. The minimum absolute atomic E-state index is 0.0267. The molecule has 0 aliphatic carbocycles. The van der Waals surface area contributed by atoms with Gasteiger partial charge in [-0.3, -0.25) is 9.78 Å². The highest BCUT2D eigenvalue weighted by Gasteiger charge is 2.35. The summed E-state index contributed by atoms with van der Waals surface area (Å²) < 4.78 is 5.36. The summed E-state index contributed by atoms with van der Waals surface area (Å²) in [5.74, 6) is 0.871. The van der Waals surface area contributed by atoms with Crippen molar-refractivity contribution in [1.29, 1.82) is 0 Å². The van der Waals surface area contributed by atoms with Crippen molar-refractivity contribution >= 4 is 16.8 Å². The van der Waals surface area contributed by atoms with Crippen LogP contribution in [0.15, 0.2) is 22.7 Å². The van der Waals surface area contributed by atoms with Crippen molar-refractivity contribution in [3.05, 3.63) is 57.6 Å². The summed E-state index contributed by atoms with van der Waals surface area (Å²) in [5, 5.41) is 5.02. The van der Waals surface area contributed by atoms with E-state index in [0.29, 0.717) is 0 Å². The zero-order valence-corrected chi connectivity index (χ0v) is 16.6. The number of nitrogens with zero attached hydrogens (tertiary/aromatic N) is 3. The number of hydrogen-bond donors (Lipinski definition) is 0. The quantitative estimate of drug-likeness (QED) is 0.660. The number of aryl methyl sites for hydroxylation is 5. The minimum atomic E-state index is 0.0267. The summed E-state index contributed by atoms with van der Waals surface area (Å²) in [6.07, 6.45) is 1.93. The Morgan fingerprint density at radius 1 is 1.19 bits per heavy atom. The Hall–Kier alpha value is -2.69. The Morgan fingerprint density at radius 2 is 1.96 bits per heavy atom. The average molecular weight is 363 g/mol. The molecule has 0 bridgehead atoms. The first-order chi connectivity index (χ1) is 12.9. The minimum Gasteiger partial charge on any atom is -0.361 e. The van der Waals surface area contributed by atoms with Gasteiger partial charge in [0.1, 0.15) is 5.76 Å². The van der Waals surface area contributed by atoms with Crippen LogP contribution < -0.4 is 0 Å². The summed E-state index contributed by atoms with van der Waals surface area (Å²) >= 11 is 0. The van der Waals surface area contributed by atoms with Gasteiger partial charge >= 0.3 is 0 Å². The van der Waals surface area contributed by atoms with Crippen molar-refractivity contribution in [2.24, 2.45) is 0 Å². The summed E-state index contributed by atoms with van der Waals surface area (Å²) in [7, 11) is 0. The number of benzene rings is 1. The van der Waals surface area contributed by atoms with Crippen LogP contribution >= 0.6 is 0 Å². The Morgan fingerprint density at radius 3 is 2.67 bits per heavy atom. The van der Waals surface area contributed by atoms with Gasteiger partial charge in [0.2, 0.25) is 0 Å². The monoisotopic (exact) mass is 363 g/mol. The van der Waals surface area contributed by atoms with E-state index in [1.54, 1.807) is 0 Å². The van der Waals surface area contributed by atoms with Crippen LogP contribution in [0, 0.1) is 34.6 Å². The second kappa shape index (κ2) is 6.48. The molecule has 0 radical (unpaired) electrons. The van der Waals surface area contributed by atoms with Crippen LogP contribution in [0.25, 0.3) is 10.9 Å². The van der Waals surface area contributed by atoms with Crippen molar-refractivity contribution in [2.45, 2.75) is 53.5 Å². The SMILES string of the molecule is Cc1cc(C(=O)N2CCC[C@@H]2c2c(C)noc2C)c2ccc(C)c(C)c2n1. The first kappa shape index (κ1) is 17.7. The van der Waals surface area contributed by atoms with E-state index in [1.807, 2.05) is 37.8 Å². The smallest absolute Gasteiger partial charge is 0.255 e. The first-order valence-electron chi connectivity index (χ1n) is 9.49. The van der Waals surface area contributed by atoms with Gasteiger partial charge in [-0.1, -0.05) is 17.3 Å². The maximum atomic E-state index is 13.6. The molecule has 3 aromatic rings. The molecule has 140 valence electrons. The molecule has 2 aromatic heterocycles. The Bertz CT molecular complexity index is 1030. The maximum Gasteiger partial charge on any atom is 0.255 e. The highest BCUT2D eigenvalue weighted by molar-refractivity contribution is 6.07. The van der Waals surface area contributed by atoms with E-state index >= 15 is 0 Å². The van der Waals surface area contributed by atoms with Gasteiger partial charge in [0.05, 0.1) is 22.8 Å². The van der Waals surface area contributed by atoms with Gasteiger partial charge in [0.15, 0.2) is 0 Å². The van der Waals surface area contributed by atoms with Gasteiger partial charge < -0.3 is 9.42 Å². The van der Waals surface area contributed by atoms with Gasteiger partial charge in [-0.05, 0) is 64.7 Å². The van der Waals surface area contributed by atoms with Crippen LogP contribution in [0.1, 0.15) is 63.1 Å². The van der Waals surface area contributed by atoms with Crippen molar-refractivity contribution < 1.29 is 9.32 Å². The average Bonchev–Trinajstić information content (AvgIpc) is 3.23. The first-order valence-corrected chi connectivity index (χ1v) is 9.49. The number of hydrogen-bond acceptors (Lipinski definition) is 4. The van der Waals surface area contributed by atoms with E-state index in [-0.39, 0.29) is 11.9 Å². The van der Waals surface area contributed by atoms with Crippen molar-refractivity contribution in [3.63, 3.8) is 0 Å². The molecule has 0 unspecified atom stereocenters. The third-order valence-electron chi connectivity index (χ3n) is 5.80. The zero-order valence-electron chi connectivity index (χ0n) is 16.6. The number of rotatable bonds is 2. The van der Waals surface area contributed by atoms with Crippen LogP contribution in [0.2, 0.25) is 0 Å². The van der Waals surface area contributed by atoms with Crippen LogP contribution in [-0.4, -0.2) is 27.5 Å². The molecule has 1 aliphatic heterocycles. The molecular weight excluding hydrogens is 338 g/mol. The molecule has 1 aliphatic rings. The van der Waals surface area contributed by atoms with Crippen LogP contribution in [0.3, 0.4) is 0 Å². The molecule has 3 heterocycles. The molecular formula is C22H25N3O2. The predicted octanol–water partition coefficient (Wildman–Crippen LogP) is 4.74. The summed E-state index contributed by atoms with van der Waals surface area (Å²) in [4.78, 5) is 20.3. The molecule has 1 saturated heterocycles. The number of fused-ring (bicyclic) bond motifs is 1. The van der Waals surface area contributed by atoms with Crippen molar-refractivity contribution in [1.82, 2.24) is 15.0 Å². The molecule has 0 N–H and O–H groups in total. The molecule has 27 heavy (non-hydrogen) atoms. The fourth-order valence-electron chi connectivity index (χ4n) is 4.27. The van der Waals surface area contributed by atoms with Gasteiger partial charge in [0.25, 0.3) is 5.91 Å². The largest absolute Gasteiger partial charge is 0.361 e. The van der Waals surface area contributed by atoms with E-state index in [4.69, 9.17) is 9.51 Å². The fourth-order valence-corrected chi connectivity index (χ4v) is 4.27. The van der Waals surface area contributed by atoms with E-state index in [1.165, 1.54) is 5.56 Å². The number of likely N-dealkylation sites (tertiary alicyclic amines) is 1. The van der Waals surface area contributed by atoms with E-state index < -0.39 is 0 Å². The number of pyridine rings is 1. The molecule has 0 saturated carbocycles. The van der Waals surface area contributed by atoms with E-state index in [9.17, 15) is 4.79 Å². The molecule has 1 fully saturated rings. The lowest BCUT2D eigenvalue weighted by molar-refractivity contribution is 0.0736. The summed E-state index contributed by atoms with van der Waals surface area (Å²) in [6, 6.07) is 6.04. The number of carbonyl (C=O) groups is 1. The molecule has 0 spiro atoms. The number of carbonyl (C=O) groups excluding carboxylic acids is 1. The van der Waals surface area contributed by atoms with Crippen molar-refractivity contribution in [2.75, 3.05) is 6.54 Å². The summed E-state index contributed by atoms with van der Waals surface area (Å²) in [6.45, 7) is 10.7. The second-order valence-electron chi connectivity index (χ2n) is 7.61. The predicted molar refractivity (Wildman–Crippen MR) is 105 cm³/mol. The second-order valence-corrected chi connectivity index (χ2v) is 7.61. The Labute approximate surface area is 159 Å². The molecule has 1 atom stereocenters. The van der Waals surface area contributed by atoms with Gasteiger partial charge in [-0.2, -0.15) is 0 Å². The number of aromatic nitrogens is 2. The van der Waals surface area contributed by atoms with E-state index in [2.05, 4.69) is 25.1 Å². The molecule has 5 nitrogen and oxygen atoms in total. The zero-order chi connectivity index (χ0) is 19.3. The van der Waals surface area contributed by atoms with Gasteiger partial charge in [-0.25, -0.2) is 0 Å². The molecule has 1 amide bonds. The molecule has 5 heteroatoms. The Kier molecular flexibility index (Phi) is 4.25. The highest BCUT2D eigenvalue weighted by atomic mass is 16.5. The topological polar surface area (TPSA) is 59.2 Å². The van der Waals surface area contributed by atoms with Gasteiger partial charge in [0, 0.05) is 23.2 Å². The highest BCUT2D eigenvalue weighted by Crippen LogP contribution is 2.37. The molecule has 4 rings (SSSR count). The summed E-state index contributed by atoms with van der Waals surface area (Å²) in [5.41, 5.74) is 6.78. The van der Waals surface area contributed by atoms with E-state index in [0.717, 1.165) is 64.1 Å². The number of amides is 1. The third-order valence-corrected chi connectivity index (χ3v) is 5.80. The lowest BCUT2D eigenvalue weighted by Gasteiger charge is -2.25. The van der Waals surface area contributed by atoms with Crippen molar-refractivity contribution in [3.8, 4) is 0 Å². The normalized spacial score (nSPS) is 17.1. The maximum absolute atomic E-state index is 13.6. The fraction of sp³-hybridized carbons (Fsp3) is 0.409. The molecule has 1 aromatic carbocycles. The third kappa shape index (κ3) is 2.82. The van der Waals surface area contributed by atoms with Crippen LogP contribution in [0.4, 0.5) is 0 Å². The van der Waals surface area contributed by atoms with Crippen LogP contribution in [0.5, 0.6) is 0 Å². The Balaban J connectivity index is 1.82.